The molecule has 0 aliphatic heterocycles. The van der Waals surface area contributed by atoms with E-state index in [-0.39, 0.29) is 0 Å². The Bertz CT molecular complexity index is 292. The van der Waals surface area contributed by atoms with Gasteiger partial charge < -0.3 is 10.5 Å². The van der Waals surface area contributed by atoms with Gasteiger partial charge in [0.1, 0.15) is 5.75 Å². The normalized spacial score (nSPS) is 10.7. The van der Waals surface area contributed by atoms with Crippen LogP contribution in [-0.2, 0) is 0 Å². The molecule has 0 saturated heterocycles. The Labute approximate surface area is 99.9 Å². The number of nitrogen functional groups attached to an aromatic ring is 1. The largest absolute Gasteiger partial charge is 0.493 e. The van der Waals surface area contributed by atoms with Gasteiger partial charge in [-0.3, -0.25) is 0 Å². The molecule has 1 rings (SSSR count). The molecule has 3 heteroatoms. The minimum Gasteiger partial charge on any atom is -0.493 e. The molecule has 0 amide bonds. The molecule has 1 aromatic carbocycles. The van der Waals surface area contributed by atoms with E-state index in [1.54, 1.807) is 0 Å². The van der Waals surface area contributed by atoms with Gasteiger partial charge in [0.15, 0.2) is 0 Å². The second kappa shape index (κ2) is 6.01. The van der Waals surface area contributed by atoms with E-state index in [4.69, 9.17) is 10.5 Å². The Morgan fingerprint density at radius 1 is 1.33 bits per heavy atom. The van der Waals surface area contributed by atoms with Crippen molar-refractivity contribution in [2.75, 3.05) is 12.3 Å². The summed E-state index contributed by atoms with van der Waals surface area (Å²) in [7, 11) is 0. The average Bonchev–Trinajstić information content (AvgIpc) is 2.10. The summed E-state index contributed by atoms with van der Waals surface area (Å²) in [6.45, 7) is 5.20. The van der Waals surface area contributed by atoms with Gasteiger partial charge in [-0.25, -0.2) is 0 Å². The molecule has 0 heterocycles. The quantitative estimate of drug-likeness (QED) is 0.652. The van der Waals surface area contributed by atoms with Crippen LogP contribution < -0.4 is 10.5 Å². The van der Waals surface area contributed by atoms with Gasteiger partial charge in [-0.05, 0) is 30.9 Å². The Kier molecular flexibility index (Phi) is 4.95. The van der Waals surface area contributed by atoms with Gasteiger partial charge in [0.05, 0.1) is 6.61 Å². The second-order valence-electron chi connectivity index (χ2n) is 4.10. The van der Waals surface area contributed by atoms with Crippen LogP contribution in [0.4, 0.5) is 5.69 Å². The Morgan fingerprint density at radius 2 is 2.07 bits per heavy atom. The van der Waals surface area contributed by atoms with E-state index in [0.717, 1.165) is 34.9 Å². The second-order valence-corrected chi connectivity index (χ2v) is 5.02. The summed E-state index contributed by atoms with van der Waals surface area (Å²) in [5.74, 6) is 1.58. The Balaban J connectivity index is 2.37. The zero-order chi connectivity index (χ0) is 11.3. The highest BCUT2D eigenvalue weighted by Gasteiger charge is 1.99. The van der Waals surface area contributed by atoms with E-state index >= 15 is 0 Å². The molecule has 0 aliphatic rings. The number of ether oxygens (including phenoxy) is 1. The fourth-order valence-corrected chi connectivity index (χ4v) is 1.84. The molecule has 0 bridgehead atoms. The number of benzene rings is 1. The molecule has 0 radical (unpaired) electrons. The highest BCUT2D eigenvalue weighted by molar-refractivity contribution is 9.10. The zero-order valence-corrected chi connectivity index (χ0v) is 10.9. The molecular formula is C12H18BrNO. The van der Waals surface area contributed by atoms with Crippen LogP contribution in [0.25, 0.3) is 0 Å². The summed E-state index contributed by atoms with van der Waals surface area (Å²) in [6, 6.07) is 5.65. The van der Waals surface area contributed by atoms with Gasteiger partial charge in [0, 0.05) is 16.2 Å². The fourth-order valence-electron chi connectivity index (χ4n) is 1.35. The summed E-state index contributed by atoms with van der Waals surface area (Å²) in [5.41, 5.74) is 6.43. The zero-order valence-electron chi connectivity index (χ0n) is 9.29. The molecule has 84 valence electrons. The maximum absolute atomic E-state index is 5.70. The minimum absolute atomic E-state index is 0.725. The minimum atomic E-state index is 0.725. The molecule has 0 aromatic heterocycles. The van der Waals surface area contributed by atoms with Crippen molar-refractivity contribution in [2.45, 2.75) is 26.7 Å². The van der Waals surface area contributed by atoms with Crippen molar-refractivity contribution in [1.29, 1.82) is 0 Å². The monoisotopic (exact) mass is 271 g/mol. The van der Waals surface area contributed by atoms with Crippen molar-refractivity contribution in [3.8, 4) is 5.75 Å². The molecular weight excluding hydrogens is 254 g/mol. The SMILES string of the molecule is CC(C)CCCOc1cc(N)cc(Br)c1. The van der Waals surface area contributed by atoms with Crippen molar-refractivity contribution in [1.82, 2.24) is 0 Å². The average molecular weight is 272 g/mol. The van der Waals surface area contributed by atoms with Gasteiger partial charge in [-0.15, -0.1) is 0 Å². The first-order valence-electron chi connectivity index (χ1n) is 5.27. The molecule has 1 aromatic rings. The van der Waals surface area contributed by atoms with Crippen LogP contribution in [0, 0.1) is 5.92 Å². The Hall–Kier alpha value is -0.700. The highest BCUT2D eigenvalue weighted by atomic mass is 79.9. The summed E-state index contributed by atoms with van der Waals surface area (Å²) in [6.07, 6.45) is 2.29. The smallest absolute Gasteiger partial charge is 0.122 e. The molecule has 0 unspecified atom stereocenters. The molecule has 15 heavy (non-hydrogen) atoms. The predicted octanol–water partition coefficient (Wildman–Crippen LogP) is 3.85. The van der Waals surface area contributed by atoms with Crippen molar-refractivity contribution >= 4 is 21.6 Å². The van der Waals surface area contributed by atoms with Crippen LogP contribution in [0.3, 0.4) is 0 Å². The number of hydrogen-bond acceptors (Lipinski definition) is 2. The molecule has 2 nitrogen and oxygen atoms in total. The first-order chi connectivity index (χ1) is 7.08. The molecule has 0 saturated carbocycles. The maximum Gasteiger partial charge on any atom is 0.122 e. The summed E-state index contributed by atoms with van der Waals surface area (Å²) < 4.78 is 6.57. The van der Waals surface area contributed by atoms with Gasteiger partial charge in [0.2, 0.25) is 0 Å². The van der Waals surface area contributed by atoms with Crippen LogP contribution in [0.5, 0.6) is 5.75 Å². The summed E-state index contributed by atoms with van der Waals surface area (Å²) in [5, 5.41) is 0. The standard InChI is InChI=1S/C12H18BrNO/c1-9(2)4-3-5-15-12-7-10(13)6-11(14)8-12/h6-9H,3-5,14H2,1-2H3. The lowest BCUT2D eigenvalue weighted by Gasteiger charge is -2.08. The lowest BCUT2D eigenvalue weighted by atomic mass is 10.1. The molecule has 0 fully saturated rings. The van der Waals surface area contributed by atoms with E-state index < -0.39 is 0 Å². The molecule has 0 spiro atoms. The van der Waals surface area contributed by atoms with E-state index in [1.807, 2.05) is 18.2 Å². The lowest BCUT2D eigenvalue weighted by molar-refractivity contribution is 0.297. The molecule has 2 N–H and O–H groups in total. The highest BCUT2D eigenvalue weighted by Crippen LogP contribution is 2.23. The number of nitrogens with two attached hydrogens (primary N) is 1. The van der Waals surface area contributed by atoms with Crippen molar-refractivity contribution in [3.05, 3.63) is 22.7 Å². The van der Waals surface area contributed by atoms with Crippen LogP contribution in [0.2, 0.25) is 0 Å². The third-order valence-corrected chi connectivity index (χ3v) is 2.55. The van der Waals surface area contributed by atoms with E-state index in [2.05, 4.69) is 29.8 Å². The third-order valence-electron chi connectivity index (χ3n) is 2.09. The Morgan fingerprint density at radius 3 is 2.67 bits per heavy atom. The van der Waals surface area contributed by atoms with Gasteiger partial charge in [0.25, 0.3) is 0 Å². The van der Waals surface area contributed by atoms with Crippen LogP contribution >= 0.6 is 15.9 Å². The summed E-state index contributed by atoms with van der Waals surface area (Å²) >= 11 is 3.39. The number of anilines is 1. The van der Waals surface area contributed by atoms with Gasteiger partial charge >= 0.3 is 0 Å². The van der Waals surface area contributed by atoms with Crippen molar-refractivity contribution < 1.29 is 4.74 Å². The lowest BCUT2D eigenvalue weighted by Crippen LogP contribution is -2.00. The fraction of sp³-hybridized carbons (Fsp3) is 0.500. The predicted molar refractivity (Wildman–Crippen MR) is 68.1 cm³/mol. The van der Waals surface area contributed by atoms with Crippen LogP contribution in [0.15, 0.2) is 22.7 Å². The molecule has 0 aliphatic carbocycles. The number of rotatable bonds is 5. The van der Waals surface area contributed by atoms with Gasteiger partial charge in [-0.2, -0.15) is 0 Å². The van der Waals surface area contributed by atoms with E-state index in [9.17, 15) is 0 Å². The van der Waals surface area contributed by atoms with Crippen LogP contribution in [-0.4, -0.2) is 6.61 Å². The third kappa shape index (κ3) is 5.07. The van der Waals surface area contributed by atoms with E-state index in [0.29, 0.717) is 0 Å². The first-order valence-corrected chi connectivity index (χ1v) is 6.06. The topological polar surface area (TPSA) is 35.2 Å². The number of halogens is 1. The van der Waals surface area contributed by atoms with Gasteiger partial charge in [-0.1, -0.05) is 29.8 Å². The summed E-state index contributed by atoms with van der Waals surface area (Å²) in [4.78, 5) is 0. The molecule has 0 atom stereocenters. The maximum atomic E-state index is 5.70. The number of hydrogen-bond donors (Lipinski definition) is 1. The van der Waals surface area contributed by atoms with E-state index in [1.165, 1.54) is 6.42 Å². The van der Waals surface area contributed by atoms with Crippen molar-refractivity contribution in [2.24, 2.45) is 5.92 Å². The van der Waals surface area contributed by atoms with Crippen molar-refractivity contribution in [3.63, 3.8) is 0 Å². The first kappa shape index (κ1) is 12.4. The van der Waals surface area contributed by atoms with Crippen LogP contribution in [0.1, 0.15) is 26.7 Å².